The predicted octanol–water partition coefficient (Wildman–Crippen LogP) is 1.57. The Balaban J connectivity index is 1.35. The lowest BCUT2D eigenvalue weighted by atomic mass is 10.0. The van der Waals surface area contributed by atoms with Gasteiger partial charge in [-0.3, -0.25) is 19.4 Å². The minimum Gasteiger partial charge on any atom is -0.489 e. The van der Waals surface area contributed by atoms with Crippen molar-refractivity contribution in [3.8, 4) is 5.75 Å². The van der Waals surface area contributed by atoms with E-state index in [1.165, 1.54) is 20.8 Å². The van der Waals surface area contributed by atoms with Crippen LogP contribution < -0.4 is 4.74 Å². The van der Waals surface area contributed by atoms with Crippen LogP contribution >= 0.6 is 0 Å². The molecule has 3 heterocycles. The molecule has 0 radical (unpaired) electrons. The van der Waals surface area contributed by atoms with Gasteiger partial charge in [-0.15, -0.1) is 5.10 Å². The van der Waals surface area contributed by atoms with E-state index in [1.807, 2.05) is 30.3 Å². The van der Waals surface area contributed by atoms with Gasteiger partial charge in [-0.05, 0) is 12.1 Å². The largest absolute Gasteiger partial charge is 0.489 e. The molecule has 0 N–H and O–H groups in total. The smallest absolute Gasteiger partial charge is 0.303 e. The van der Waals surface area contributed by atoms with Crippen molar-refractivity contribution in [3.63, 3.8) is 0 Å². The fraction of sp³-hybridized carbons (Fsp3) is 0.440. The second-order valence-corrected chi connectivity index (χ2v) is 8.46. The number of ether oxygens (including phenoxy) is 6. The Morgan fingerprint density at radius 2 is 1.74 bits per heavy atom. The number of carbonyl (C=O) groups excluding carboxylic acids is 3. The number of para-hydroxylation sites is 1. The Kier molecular flexibility index (Phi) is 8.81. The highest BCUT2D eigenvalue weighted by Crippen LogP contribution is 2.26. The minimum absolute atomic E-state index is 0.0401. The number of fused-ring (bicyclic) bond motifs is 1. The van der Waals surface area contributed by atoms with Crippen LogP contribution in [-0.2, 0) is 51.2 Å². The minimum atomic E-state index is -1.17. The molecule has 1 aliphatic heterocycles. The monoisotopic (exact) mass is 528 g/mol. The fourth-order valence-corrected chi connectivity index (χ4v) is 3.98. The Morgan fingerprint density at radius 1 is 1.00 bits per heavy atom. The molecular weight excluding hydrogens is 500 g/mol. The fourth-order valence-electron chi connectivity index (χ4n) is 3.98. The predicted molar refractivity (Wildman–Crippen MR) is 128 cm³/mol. The van der Waals surface area contributed by atoms with E-state index in [1.54, 1.807) is 17.1 Å². The number of benzene rings is 1. The van der Waals surface area contributed by atoms with E-state index >= 15 is 0 Å². The van der Waals surface area contributed by atoms with E-state index in [-0.39, 0.29) is 13.2 Å². The molecule has 202 valence electrons. The molecule has 2 aromatic heterocycles. The van der Waals surface area contributed by atoms with Crippen molar-refractivity contribution >= 4 is 28.8 Å². The van der Waals surface area contributed by atoms with E-state index in [4.69, 9.17) is 28.4 Å². The molecule has 1 aliphatic rings. The van der Waals surface area contributed by atoms with Crippen molar-refractivity contribution in [1.82, 2.24) is 20.0 Å². The Hall–Kier alpha value is -4.10. The SMILES string of the molecule is CC(=O)O[C@@H]1[C@@H](OC(C)=O)[C@H](OCc2cn(CCOc3cccc4cccnc34)nn2)OC[C@H]1OC(C)=O. The third kappa shape index (κ3) is 7.01. The lowest BCUT2D eigenvalue weighted by Gasteiger charge is -2.40. The van der Waals surface area contributed by atoms with Crippen molar-refractivity contribution in [1.29, 1.82) is 0 Å². The summed E-state index contributed by atoms with van der Waals surface area (Å²) in [6.07, 6.45) is -0.977. The second-order valence-electron chi connectivity index (χ2n) is 8.46. The number of hydrogen-bond donors (Lipinski definition) is 0. The molecule has 0 spiro atoms. The molecule has 1 fully saturated rings. The number of pyridine rings is 1. The summed E-state index contributed by atoms with van der Waals surface area (Å²) in [7, 11) is 0. The maximum atomic E-state index is 11.7. The lowest BCUT2D eigenvalue weighted by Crippen LogP contribution is -2.58. The zero-order valence-electron chi connectivity index (χ0n) is 21.1. The van der Waals surface area contributed by atoms with Crippen molar-refractivity contribution in [2.75, 3.05) is 13.2 Å². The maximum absolute atomic E-state index is 11.7. The van der Waals surface area contributed by atoms with Crippen LogP contribution in [0.5, 0.6) is 5.75 Å². The summed E-state index contributed by atoms with van der Waals surface area (Å²) in [6, 6.07) is 9.56. The first kappa shape index (κ1) is 26.9. The van der Waals surface area contributed by atoms with Gasteiger partial charge in [0.05, 0.1) is 26.0 Å². The topological polar surface area (TPSA) is 150 Å². The summed E-state index contributed by atoms with van der Waals surface area (Å²) in [4.78, 5) is 39.3. The normalized spacial score (nSPS) is 21.0. The molecule has 1 aromatic carbocycles. The van der Waals surface area contributed by atoms with Gasteiger partial charge in [0.15, 0.2) is 24.6 Å². The third-order valence-electron chi connectivity index (χ3n) is 5.46. The Bertz CT molecular complexity index is 1280. The first-order valence-corrected chi connectivity index (χ1v) is 11.9. The summed E-state index contributed by atoms with van der Waals surface area (Å²) in [5.74, 6) is -1.23. The van der Waals surface area contributed by atoms with Gasteiger partial charge in [0.1, 0.15) is 23.6 Å². The van der Waals surface area contributed by atoms with Crippen molar-refractivity contribution in [2.24, 2.45) is 0 Å². The maximum Gasteiger partial charge on any atom is 0.303 e. The van der Waals surface area contributed by atoms with Gasteiger partial charge in [0.2, 0.25) is 0 Å². The lowest BCUT2D eigenvalue weighted by molar-refractivity contribution is -0.283. The van der Waals surface area contributed by atoms with Crippen LogP contribution in [0.4, 0.5) is 0 Å². The molecule has 0 unspecified atom stereocenters. The van der Waals surface area contributed by atoms with Crippen LogP contribution in [0.2, 0.25) is 0 Å². The van der Waals surface area contributed by atoms with Gasteiger partial charge in [-0.25, -0.2) is 4.68 Å². The highest BCUT2D eigenvalue weighted by atomic mass is 16.7. The number of carbonyl (C=O) groups is 3. The van der Waals surface area contributed by atoms with Gasteiger partial charge < -0.3 is 28.4 Å². The first-order chi connectivity index (χ1) is 18.3. The van der Waals surface area contributed by atoms with Gasteiger partial charge >= 0.3 is 17.9 Å². The molecule has 0 bridgehead atoms. The summed E-state index contributed by atoms with van der Waals surface area (Å²) in [5.41, 5.74) is 1.26. The molecule has 38 heavy (non-hydrogen) atoms. The zero-order valence-corrected chi connectivity index (χ0v) is 21.1. The molecule has 13 nitrogen and oxygen atoms in total. The Labute approximate surface area is 217 Å². The molecule has 4 rings (SSSR count). The van der Waals surface area contributed by atoms with Crippen LogP contribution in [0.1, 0.15) is 26.5 Å². The van der Waals surface area contributed by atoms with Crippen LogP contribution in [0, 0.1) is 0 Å². The number of hydrogen-bond acceptors (Lipinski definition) is 12. The van der Waals surface area contributed by atoms with Crippen LogP contribution in [0.25, 0.3) is 10.9 Å². The molecular formula is C25H28N4O9. The van der Waals surface area contributed by atoms with Crippen LogP contribution in [-0.4, -0.2) is 75.7 Å². The average molecular weight is 529 g/mol. The summed E-state index contributed by atoms with van der Waals surface area (Å²) in [5, 5.41) is 9.15. The summed E-state index contributed by atoms with van der Waals surface area (Å²) < 4.78 is 34.8. The van der Waals surface area contributed by atoms with Gasteiger partial charge in [-0.1, -0.05) is 23.4 Å². The molecule has 0 aliphatic carbocycles. The second kappa shape index (κ2) is 12.4. The number of esters is 3. The van der Waals surface area contributed by atoms with Crippen molar-refractivity contribution in [3.05, 3.63) is 48.4 Å². The van der Waals surface area contributed by atoms with Gasteiger partial charge in [-0.2, -0.15) is 0 Å². The summed E-state index contributed by atoms with van der Waals surface area (Å²) >= 11 is 0. The van der Waals surface area contributed by atoms with Gasteiger partial charge in [0, 0.05) is 32.4 Å². The molecule has 0 amide bonds. The van der Waals surface area contributed by atoms with E-state index < -0.39 is 42.5 Å². The van der Waals surface area contributed by atoms with E-state index in [9.17, 15) is 14.4 Å². The van der Waals surface area contributed by atoms with Crippen LogP contribution in [0.3, 0.4) is 0 Å². The molecule has 1 saturated heterocycles. The highest BCUT2D eigenvalue weighted by molar-refractivity contribution is 5.84. The molecule has 13 heteroatoms. The van der Waals surface area contributed by atoms with E-state index in [0.29, 0.717) is 24.6 Å². The standard InChI is InChI=1S/C25H28N4O9/c1-15(30)36-21-14-35-25(24(38-17(3)32)23(21)37-16(2)31)34-13-19-12-29(28-27-19)10-11-33-20-8-4-6-18-7-5-9-26-22(18)20/h4-9,12,21,23-25H,10-11,13-14H2,1-3H3/t21-,23+,24-,25-/m1/s1. The van der Waals surface area contributed by atoms with Gasteiger partial charge in [0.25, 0.3) is 0 Å². The molecule has 4 atom stereocenters. The summed E-state index contributed by atoms with van der Waals surface area (Å²) in [6.45, 7) is 4.18. The first-order valence-electron chi connectivity index (χ1n) is 11.9. The van der Waals surface area contributed by atoms with Crippen molar-refractivity contribution in [2.45, 2.75) is 58.5 Å². The van der Waals surface area contributed by atoms with E-state index in [2.05, 4.69) is 15.3 Å². The van der Waals surface area contributed by atoms with E-state index in [0.717, 1.165) is 10.9 Å². The quantitative estimate of drug-likeness (QED) is 0.278. The average Bonchev–Trinajstić information content (AvgIpc) is 3.32. The number of aromatic nitrogens is 4. The van der Waals surface area contributed by atoms with Crippen molar-refractivity contribution < 1.29 is 42.8 Å². The Morgan fingerprint density at radius 3 is 2.50 bits per heavy atom. The van der Waals surface area contributed by atoms with Crippen LogP contribution in [0.15, 0.2) is 42.7 Å². The molecule has 3 aromatic rings. The number of nitrogens with zero attached hydrogens (tertiary/aromatic N) is 4. The number of rotatable bonds is 10. The third-order valence-corrected chi connectivity index (χ3v) is 5.46. The zero-order chi connectivity index (χ0) is 27.1. The highest BCUT2D eigenvalue weighted by Gasteiger charge is 2.47. The molecule has 0 saturated carbocycles.